The zero-order valence-corrected chi connectivity index (χ0v) is 22.0. The second kappa shape index (κ2) is 11.2. The second-order valence-electron chi connectivity index (χ2n) is 8.66. The molecule has 186 valence electrons. The van der Waals surface area contributed by atoms with Gasteiger partial charge in [0.1, 0.15) is 10.8 Å². The molecule has 0 aliphatic carbocycles. The molecule has 4 rings (SSSR count). The fraction of sp³-hybridized carbons (Fsp3) is 0.360. The van der Waals surface area contributed by atoms with Crippen LogP contribution in [-0.2, 0) is 10.8 Å². The van der Waals surface area contributed by atoms with E-state index in [9.17, 15) is 4.21 Å². The van der Waals surface area contributed by atoms with Gasteiger partial charge in [0.2, 0.25) is 5.95 Å². The number of rotatable bonds is 8. The van der Waals surface area contributed by atoms with Crippen molar-refractivity contribution in [2.45, 2.75) is 24.0 Å². The third-order valence-corrected chi connectivity index (χ3v) is 7.75. The lowest BCUT2D eigenvalue weighted by atomic mass is 10.2. The Balaban J connectivity index is 1.56. The Morgan fingerprint density at radius 1 is 1.06 bits per heavy atom. The van der Waals surface area contributed by atoms with E-state index in [1.807, 2.05) is 50.2 Å². The van der Waals surface area contributed by atoms with Gasteiger partial charge in [-0.2, -0.15) is 4.98 Å². The maximum absolute atomic E-state index is 12.8. The molecule has 2 heterocycles. The molecule has 2 aromatic carbocycles. The van der Waals surface area contributed by atoms with Crippen molar-refractivity contribution in [2.75, 3.05) is 55.9 Å². The highest BCUT2D eigenvalue weighted by Crippen LogP contribution is 2.33. The molecule has 0 spiro atoms. The molecule has 10 heteroatoms. The summed E-state index contributed by atoms with van der Waals surface area (Å²) in [4.78, 5) is 14.3. The van der Waals surface area contributed by atoms with E-state index in [1.165, 1.54) is 6.20 Å². The third kappa shape index (κ3) is 6.04. The van der Waals surface area contributed by atoms with Crippen LogP contribution in [-0.4, -0.2) is 64.7 Å². The topological polar surface area (TPSA) is 82.6 Å². The third-order valence-electron chi connectivity index (χ3n) is 5.83. The Labute approximate surface area is 214 Å². The summed E-state index contributed by atoms with van der Waals surface area (Å²) in [6.45, 7) is 7.87. The highest BCUT2D eigenvalue weighted by Gasteiger charge is 2.18. The van der Waals surface area contributed by atoms with Gasteiger partial charge in [-0.15, -0.1) is 0 Å². The van der Waals surface area contributed by atoms with Gasteiger partial charge < -0.3 is 25.2 Å². The van der Waals surface area contributed by atoms with E-state index in [-0.39, 0.29) is 5.25 Å². The number of piperazine rings is 1. The van der Waals surface area contributed by atoms with Crippen LogP contribution in [0.25, 0.3) is 0 Å². The maximum Gasteiger partial charge on any atom is 0.229 e. The van der Waals surface area contributed by atoms with E-state index >= 15 is 0 Å². The second-order valence-corrected chi connectivity index (χ2v) is 11.0. The highest BCUT2D eigenvalue weighted by atomic mass is 35.5. The smallest absolute Gasteiger partial charge is 0.229 e. The van der Waals surface area contributed by atoms with E-state index in [1.54, 1.807) is 7.11 Å². The van der Waals surface area contributed by atoms with E-state index in [4.69, 9.17) is 16.3 Å². The average Bonchev–Trinajstić information content (AvgIpc) is 2.86. The summed E-state index contributed by atoms with van der Waals surface area (Å²) < 4.78 is 18.4. The van der Waals surface area contributed by atoms with Crippen molar-refractivity contribution in [1.29, 1.82) is 0 Å². The minimum Gasteiger partial charge on any atom is -0.494 e. The van der Waals surface area contributed by atoms with Crippen molar-refractivity contribution in [1.82, 2.24) is 14.9 Å². The van der Waals surface area contributed by atoms with Crippen LogP contribution in [0.2, 0.25) is 5.02 Å². The van der Waals surface area contributed by atoms with Gasteiger partial charge in [0.25, 0.3) is 0 Å². The number of aromatic nitrogens is 2. The molecule has 0 bridgehead atoms. The Morgan fingerprint density at radius 2 is 1.80 bits per heavy atom. The summed E-state index contributed by atoms with van der Waals surface area (Å²) in [5, 5.41) is 6.81. The van der Waals surface area contributed by atoms with Crippen LogP contribution in [0.5, 0.6) is 5.75 Å². The van der Waals surface area contributed by atoms with Crippen molar-refractivity contribution >= 4 is 51.2 Å². The molecule has 1 aliphatic heterocycles. The van der Waals surface area contributed by atoms with Crippen LogP contribution in [0.4, 0.5) is 28.8 Å². The molecule has 1 saturated heterocycles. The fourth-order valence-electron chi connectivity index (χ4n) is 3.81. The van der Waals surface area contributed by atoms with Crippen molar-refractivity contribution in [3.05, 3.63) is 53.7 Å². The van der Waals surface area contributed by atoms with Gasteiger partial charge in [-0.3, -0.25) is 4.21 Å². The highest BCUT2D eigenvalue weighted by molar-refractivity contribution is 7.85. The number of nitrogens with zero attached hydrogens (tertiary/aromatic N) is 4. The number of methoxy groups -OCH3 is 1. The van der Waals surface area contributed by atoms with E-state index in [0.717, 1.165) is 37.6 Å². The number of halogens is 1. The van der Waals surface area contributed by atoms with Crippen LogP contribution < -0.4 is 20.3 Å². The Morgan fingerprint density at radius 3 is 2.51 bits per heavy atom. The van der Waals surface area contributed by atoms with Crippen molar-refractivity contribution < 1.29 is 8.95 Å². The van der Waals surface area contributed by atoms with Crippen molar-refractivity contribution in [2.24, 2.45) is 0 Å². The summed E-state index contributed by atoms with van der Waals surface area (Å²) in [6.07, 6.45) is 1.53. The van der Waals surface area contributed by atoms with Crippen LogP contribution in [0.3, 0.4) is 0 Å². The molecule has 35 heavy (non-hydrogen) atoms. The minimum atomic E-state index is -1.16. The predicted molar refractivity (Wildman–Crippen MR) is 144 cm³/mol. The first-order chi connectivity index (χ1) is 16.9. The molecule has 1 unspecified atom stereocenters. The van der Waals surface area contributed by atoms with E-state index in [2.05, 4.69) is 43.5 Å². The maximum atomic E-state index is 12.8. The number of likely N-dealkylation sites (N-methyl/N-ethyl adjacent to an activating group) is 1. The number of hydrogen-bond acceptors (Lipinski definition) is 8. The first-order valence-corrected chi connectivity index (χ1v) is 13.1. The average molecular weight is 515 g/mol. The molecule has 2 N–H and O–H groups in total. The minimum absolute atomic E-state index is 0.0164. The first kappa shape index (κ1) is 25.2. The fourth-order valence-corrected chi connectivity index (χ4v) is 5.00. The number of benzene rings is 2. The molecular formula is C25H31ClN6O2S. The molecule has 0 saturated carbocycles. The molecule has 1 aromatic heterocycles. The zero-order valence-electron chi connectivity index (χ0n) is 20.4. The molecule has 1 atom stereocenters. The van der Waals surface area contributed by atoms with E-state index < -0.39 is 10.8 Å². The molecule has 1 fully saturated rings. The Hall–Kier alpha value is -2.88. The lowest BCUT2D eigenvalue weighted by Crippen LogP contribution is -2.44. The van der Waals surface area contributed by atoms with Gasteiger partial charge in [0.05, 0.1) is 40.4 Å². The van der Waals surface area contributed by atoms with E-state index in [0.29, 0.717) is 33.1 Å². The summed E-state index contributed by atoms with van der Waals surface area (Å²) in [5.41, 5.74) is 2.56. The van der Waals surface area contributed by atoms with Crippen LogP contribution in [0, 0.1) is 0 Å². The molecule has 0 radical (unpaired) electrons. The van der Waals surface area contributed by atoms with Crippen molar-refractivity contribution in [3.8, 4) is 5.75 Å². The number of ether oxygens (including phenoxy) is 1. The predicted octanol–water partition coefficient (Wildman–Crippen LogP) is 4.89. The normalized spacial score (nSPS) is 15.2. The Bertz CT molecular complexity index is 1200. The Kier molecular flexibility index (Phi) is 8.10. The number of anilines is 5. The lowest BCUT2D eigenvalue weighted by molar-refractivity contribution is 0.312. The molecule has 8 nitrogen and oxygen atoms in total. The van der Waals surface area contributed by atoms with Gasteiger partial charge in [-0.1, -0.05) is 37.6 Å². The molecule has 0 amide bonds. The number of hydrogen-bond donors (Lipinski definition) is 2. The van der Waals surface area contributed by atoms with Crippen molar-refractivity contribution in [3.63, 3.8) is 0 Å². The standard InChI is InChI=1S/C25H31ClN6O2S/c1-17(2)35(33)23-8-6-5-7-21(23)28-24-19(26)16-27-25(30-24)29-20-10-9-18(15-22(20)34-4)32-13-11-31(3)12-14-32/h5-10,15-17H,11-14H2,1-4H3,(H2,27,28,29,30). The van der Waals surface area contributed by atoms with Gasteiger partial charge in [0, 0.05) is 43.2 Å². The molecule has 1 aliphatic rings. The summed E-state index contributed by atoms with van der Waals surface area (Å²) in [7, 11) is 2.63. The number of nitrogens with one attached hydrogen (secondary N) is 2. The van der Waals surface area contributed by atoms with Gasteiger partial charge >= 0.3 is 0 Å². The summed E-state index contributed by atoms with van der Waals surface area (Å²) >= 11 is 6.39. The largest absolute Gasteiger partial charge is 0.494 e. The molecule has 3 aromatic rings. The summed E-state index contributed by atoms with van der Waals surface area (Å²) in [6, 6.07) is 13.5. The monoisotopic (exact) mass is 514 g/mol. The quantitative estimate of drug-likeness (QED) is 0.439. The van der Waals surface area contributed by atoms with Crippen LogP contribution in [0.1, 0.15) is 13.8 Å². The SMILES string of the molecule is COc1cc(N2CCN(C)CC2)ccc1Nc1ncc(Cl)c(Nc2ccccc2S(=O)C(C)C)n1. The van der Waals surface area contributed by atoms with Gasteiger partial charge in [-0.25, -0.2) is 4.98 Å². The van der Waals surface area contributed by atoms with Gasteiger partial charge in [0.15, 0.2) is 5.82 Å². The number of para-hydroxylation sites is 1. The summed E-state index contributed by atoms with van der Waals surface area (Å²) in [5.74, 6) is 1.49. The van der Waals surface area contributed by atoms with Gasteiger partial charge in [-0.05, 0) is 31.3 Å². The van der Waals surface area contributed by atoms with Crippen LogP contribution in [0.15, 0.2) is 53.6 Å². The zero-order chi connectivity index (χ0) is 24.9. The van der Waals surface area contributed by atoms with Crippen LogP contribution >= 0.6 is 11.6 Å². The first-order valence-electron chi connectivity index (χ1n) is 11.5. The molecular weight excluding hydrogens is 484 g/mol. The lowest BCUT2D eigenvalue weighted by Gasteiger charge is -2.34.